The van der Waals surface area contributed by atoms with E-state index < -0.39 is 11.9 Å². The maximum absolute atomic E-state index is 12.4. The molecule has 1 atom stereocenters. The van der Waals surface area contributed by atoms with Gasteiger partial charge in [0.25, 0.3) is 0 Å². The van der Waals surface area contributed by atoms with Gasteiger partial charge in [-0.15, -0.1) is 0 Å². The van der Waals surface area contributed by atoms with Crippen LogP contribution in [0.5, 0.6) is 11.5 Å². The van der Waals surface area contributed by atoms with Crippen molar-refractivity contribution in [2.24, 2.45) is 5.92 Å². The maximum atomic E-state index is 12.4. The normalized spacial score (nSPS) is 18.9. The average Bonchev–Trinajstić information content (AvgIpc) is 3.32. The molecule has 2 heterocycles. The molecule has 10 nitrogen and oxygen atoms in total. The van der Waals surface area contributed by atoms with Crippen molar-refractivity contribution >= 4 is 17.8 Å². The number of piperidine rings is 1. The lowest BCUT2D eigenvalue weighted by atomic mass is 9.95. The van der Waals surface area contributed by atoms with Crippen LogP contribution in [0.1, 0.15) is 31.2 Å². The molecule has 1 aromatic carbocycles. The van der Waals surface area contributed by atoms with Crippen LogP contribution in [0.15, 0.2) is 18.2 Å². The lowest BCUT2D eigenvalue weighted by Gasteiger charge is -2.31. The van der Waals surface area contributed by atoms with Gasteiger partial charge >= 0.3 is 11.9 Å². The highest BCUT2D eigenvalue weighted by Crippen LogP contribution is 2.27. The predicted molar refractivity (Wildman–Crippen MR) is 115 cm³/mol. The van der Waals surface area contributed by atoms with Gasteiger partial charge in [-0.1, -0.05) is 0 Å². The van der Waals surface area contributed by atoms with Gasteiger partial charge < -0.3 is 29.7 Å². The van der Waals surface area contributed by atoms with E-state index in [1.807, 2.05) is 18.2 Å². The van der Waals surface area contributed by atoms with E-state index in [-0.39, 0.29) is 17.9 Å². The highest BCUT2D eigenvalue weighted by Gasteiger charge is 2.26. The Kier molecular flexibility index (Phi) is 10.2. The molecular formula is C22H32N2O8. The van der Waals surface area contributed by atoms with Crippen LogP contribution in [0.25, 0.3) is 0 Å². The van der Waals surface area contributed by atoms with Gasteiger partial charge in [-0.05, 0) is 57.0 Å². The van der Waals surface area contributed by atoms with Crippen LogP contribution < -0.4 is 14.8 Å². The summed E-state index contributed by atoms with van der Waals surface area (Å²) in [5, 5.41) is 17.9. The van der Waals surface area contributed by atoms with E-state index in [0.717, 1.165) is 69.0 Å². The zero-order valence-corrected chi connectivity index (χ0v) is 18.5. The minimum atomic E-state index is -1.82. The second-order valence-corrected chi connectivity index (χ2v) is 7.72. The monoisotopic (exact) mass is 452 g/mol. The van der Waals surface area contributed by atoms with Gasteiger partial charge in [0.2, 0.25) is 5.91 Å². The van der Waals surface area contributed by atoms with Gasteiger partial charge in [0, 0.05) is 31.2 Å². The number of likely N-dealkylation sites (tertiary alicyclic amines) is 1. The Morgan fingerprint density at radius 1 is 1.09 bits per heavy atom. The van der Waals surface area contributed by atoms with E-state index in [9.17, 15) is 4.79 Å². The predicted octanol–water partition coefficient (Wildman–Crippen LogP) is 1.37. The first kappa shape index (κ1) is 25.4. The van der Waals surface area contributed by atoms with Crippen LogP contribution in [-0.2, 0) is 25.7 Å². The van der Waals surface area contributed by atoms with Crippen LogP contribution in [0, 0.1) is 5.92 Å². The minimum absolute atomic E-state index is 0.111. The van der Waals surface area contributed by atoms with E-state index >= 15 is 0 Å². The lowest BCUT2D eigenvalue weighted by molar-refractivity contribution is -0.159. The molecule has 2 fully saturated rings. The molecule has 178 valence electrons. The molecule has 0 saturated carbocycles. The number of hydrogen-bond acceptors (Lipinski definition) is 7. The molecule has 0 aromatic heterocycles. The number of hydrogen-bond donors (Lipinski definition) is 3. The summed E-state index contributed by atoms with van der Waals surface area (Å²) in [6, 6.07) is 5.88. The number of carbonyl (C=O) groups excluding carboxylic acids is 1. The van der Waals surface area contributed by atoms with Crippen molar-refractivity contribution in [3.63, 3.8) is 0 Å². The zero-order valence-electron chi connectivity index (χ0n) is 18.5. The summed E-state index contributed by atoms with van der Waals surface area (Å²) in [6.45, 7) is 4.12. The number of carboxylic acids is 2. The summed E-state index contributed by atoms with van der Waals surface area (Å²) >= 11 is 0. The molecule has 0 radical (unpaired) electrons. The third-order valence-corrected chi connectivity index (χ3v) is 5.55. The molecule has 10 heteroatoms. The number of nitrogens with one attached hydrogen (secondary N) is 1. The number of amides is 1. The van der Waals surface area contributed by atoms with Crippen molar-refractivity contribution in [2.45, 2.75) is 38.3 Å². The second kappa shape index (κ2) is 12.9. The third kappa shape index (κ3) is 8.01. The second-order valence-electron chi connectivity index (χ2n) is 7.72. The first-order valence-electron chi connectivity index (χ1n) is 10.6. The molecule has 0 aliphatic carbocycles. The SMILES string of the molecule is COc1ccc(OC)c(CN2CCC(C(=O)NCC3CCCO3)CC2)c1.O=C(O)C(=O)O. The van der Waals surface area contributed by atoms with Crippen molar-refractivity contribution in [2.75, 3.05) is 40.5 Å². The van der Waals surface area contributed by atoms with Crippen molar-refractivity contribution < 1.29 is 38.8 Å². The van der Waals surface area contributed by atoms with Gasteiger partial charge in [-0.2, -0.15) is 0 Å². The first-order chi connectivity index (χ1) is 15.3. The maximum Gasteiger partial charge on any atom is 0.414 e. The fraction of sp³-hybridized carbons (Fsp3) is 0.591. The summed E-state index contributed by atoms with van der Waals surface area (Å²) in [5.41, 5.74) is 1.12. The quantitative estimate of drug-likeness (QED) is 0.524. The van der Waals surface area contributed by atoms with Crippen molar-refractivity contribution in [3.8, 4) is 11.5 Å². The standard InChI is InChI=1S/C20H30N2O4.C2H2O4/c1-24-17-5-6-19(25-2)16(12-17)14-22-9-7-15(8-10-22)20(23)21-13-18-4-3-11-26-18;3-1(4)2(5)6/h5-6,12,15,18H,3-4,7-11,13-14H2,1-2H3,(H,21,23);(H,3,4)(H,5,6). The first-order valence-corrected chi connectivity index (χ1v) is 10.6. The molecule has 0 bridgehead atoms. The van der Waals surface area contributed by atoms with E-state index in [2.05, 4.69) is 10.2 Å². The largest absolute Gasteiger partial charge is 0.497 e. The molecule has 2 aliphatic heterocycles. The van der Waals surface area contributed by atoms with Crippen LogP contribution >= 0.6 is 0 Å². The van der Waals surface area contributed by atoms with Crippen LogP contribution in [0.2, 0.25) is 0 Å². The summed E-state index contributed by atoms with van der Waals surface area (Å²) in [7, 11) is 3.36. The van der Waals surface area contributed by atoms with Crippen LogP contribution in [0.3, 0.4) is 0 Å². The van der Waals surface area contributed by atoms with Gasteiger partial charge in [-0.3, -0.25) is 9.69 Å². The van der Waals surface area contributed by atoms with Gasteiger partial charge in [0.1, 0.15) is 11.5 Å². The van der Waals surface area contributed by atoms with Crippen LogP contribution in [-0.4, -0.2) is 79.5 Å². The Balaban J connectivity index is 0.000000534. The Hall–Kier alpha value is -2.85. The minimum Gasteiger partial charge on any atom is -0.497 e. The molecule has 0 spiro atoms. The number of ether oxygens (including phenoxy) is 3. The summed E-state index contributed by atoms with van der Waals surface area (Å²) in [6.07, 6.45) is 4.15. The lowest BCUT2D eigenvalue weighted by Crippen LogP contribution is -2.42. The Morgan fingerprint density at radius 3 is 2.31 bits per heavy atom. The number of aliphatic carboxylic acids is 2. The topological polar surface area (TPSA) is 135 Å². The third-order valence-electron chi connectivity index (χ3n) is 5.55. The van der Waals surface area contributed by atoms with E-state index in [4.69, 9.17) is 34.0 Å². The fourth-order valence-electron chi connectivity index (χ4n) is 3.76. The molecule has 1 aromatic rings. The number of nitrogens with zero attached hydrogens (tertiary/aromatic N) is 1. The van der Waals surface area contributed by atoms with Crippen molar-refractivity contribution in [1.82, 2.24) is 10.2 Å². The summed E-state index contributed by atoms with van der Waals surface area (Å²) in [5.74, 6) is -1.64. The molecule has 2 saturated heterocycles. The van der Waals surface area contributed by atoms with Gasteiger partial charge in [-0.25, -0.2) is 9.59 Å². The van der Waals surface area contributed by atoms with Crippen molar-refractivity contribution in [1.29, 1.82) is 0 Å². The zero-order chi connectivity index (χ0) is 23.5. The number of benzene rings is 1. The molecule has 3 rings (SSSR count). The smallest absolute Gasteiger partial charge is 0.414 e. The van der Waals surface area contributed by atoms with Crippen molar-refractivity contribution in [3.05, 3.63) is 23.8 Å². The van der Waals surface area contributed by atoms with E-state index in [0.29, 0.717) is 6.54 Å². The van der Waals surface area contributed by atoms with Crippen LogP contribution in [0.4, 0.5) is 0 Å². The fourth-order valence-corrected chi connectivity index (χ4v) is 3.76. The average molecular weight is 453 g/mol. The summed E-state index contributed by atoms with van der Waals surface area (Å²) in [4.78, 5) is 33.0. The van der Waals surface area contributed by atoms with Gasteiger partial charge in [0.15, 0.2) is 0 Å². The highest BCUT2D eigenvalue weighted by atomic mass is 16.5. The summed E-state index contributed by atoms with van der Waals surface area (Å²) < 4.78 is 16.4. The Labute approximate surface area is 187 Å². The molecule has 1 unspecified atom stereocenters. The Morgan fingerprint density at radius 2 is 1.78 bits per heavy atom. The number of carboxylic acid groups (broad SMARTS) is 2. The number of carbonyl (C=O) groups is 3. The molecule has 3 N–H and O–H groups in total. The molecule has 2 aliphatic rings. The molecular weight excluding hydrogens is 420 g/mol. The van der Waals surface area contributed by atoms with E-state index in [1.165, 1.54) is 0 Å². The highest BCUT2D eigenvalue weighted by molar-refractivity contribution is 6.27. The number of methoxy groups -OCH3 is 2. The molecule has 1 amide bonds. The Bertz CT molecular complexity index is 759. The number of rotatable bonds is 7. The van der Waals surface area contributed by atoms with E-state index in [1.54, 1.807) is 14.2 Å². The van der Waals surface area contributed by atoms with Gasteiger partial charge in [0.05, 0.1) is 20.3 Å². The molecule has 32 heavy (non-hydrogen) atoms.